The summed E-state index contributed by atoms with van der Waals surface area (Å²) in [6, 6.07) is 8.99. The summed E-state index contributed by atoms with van der Waals surface area (Å²) in [5, 5.41) is 16.3. The predicted molar refractivity (Wildman–Crippen MR) is 81.8 cm³/mol. The molecule has 6 nitrogen and oxygen atoms in total. The fourth-order valence-electron chi connectivity index (χ4n) is 1.75. The minimum atomic E-state index is 0.497. The van der Waals surface area contributed by atoms with Crippen LogP contribution in [-0.4, -0.2) is 21.0 Å². The topological polar surface area (TPSA) is 70.1 Å². The Balaban J connectivity index is 1.82. The van der Waals surface area contributed by atoms with Crippen molar-refractivity contribution in [3.63, 3.8) is 0 Å². The average molecular weight is 322 g/mol. The molecule has 0 saturated carbocycles. The number of halogens is 2. The Morgan fingerprint density at radius 1 is 1.24 bits per heavy atom. The van der Waals surface area contributed by atoms with Gasteiger partial charge in [0, 0.05) is 11.2 Å². The maximum absolute atomic E-state index is 5.99. The van der Waals surface area contributed by atoms with E-state index in [2.05, 4.69) is 25.8 Å². The van der Waals surface area contributed by atoms with E-state index in [4.69, 9.17) is 23.2 Å². The van der Waals surface area contributed by atoms with Crippen LogP contribution < -0.4 is 9.94 Å². The van der Waals surface area contributed by atoms with Gasteiger partial charge in [-0.2, -0.15) is 5.10 Å². The molecule has 0 saturated heterocycles. The minimum absolute atomic E-state index is 0.497. The molecule has 106 valence electrons. The van der Waals surface area contributed by atoms with Crippen molar-refractivity contribution >= 4 is 40.4 Å². The van der Waals surface area contributed by atoms with E-state index < -0.39 is 0 Å². The number of nitrogens with one attached hydrogen (secondary N) is 2. The van der Waals surface area contributed by atoms with E-state index in [-0.39, 0.29) is 0 Å². The van der Waals surface area contributed by atoms with E-state index in [0.717, 1.165) is 16.9 Å². The van der Waals surface area contributed by atoms with Crippen LogP contribution in [0.4, 0.5) is 5.82 Å². The van der Waals surface area contributed by atoms with Gasteiger partial charge in [0.1, 0.15) is 0 Å². The largest absolute Gasteiger partial charge is 0.325 e. The lowest BCUT2D eigenvalue weighted by Crippen LogP contribution is -2.24. The van der Waals surface area contributed by atoms with Crippen molar-refractivity contribution in [2.24, 2.45) is 5.10 Å². The molecule has 0 aliphatic heterocycles. The van der Waals surface area contributed by atoms with E-state index >= 15 is 0 Å². The Hall–Kier alpha value is -2.18. The molecule has 0 fully saturated rings. The highest BCUT2D eigenvalue weighted by atomic mass is 35.5. The van der Waals surface area contributed by atoms with Crippen LogP contribution in [0, 0.1) is 0 Å². The Morgan fingerprint density at radius 3 is 2.90 bits per heavy atom. The lowest BCUT2D eigenvalue weighted by molar-refractivity contribution is -0.579. The number of aromatic amines is 1. The van der Waals surface area contributed by atoms with Gasteiger partial charge in [-0.3, -0.25) is 5.43 Å². The molecule has 0 aliphatic carbocycles. The molecular weight excluding hydrogens is 311 g/mol. The Labute approximate surface area is 130 Å². The van der Waals surface area contributed by atoms with E-state index in [9.17, 15) is 0 Å². The van der Waals surface area contributed by atoms with Crippen molar-refractivity contribution in [1.29, 1.82) is 0 Å². The van der Waals surface area contributed by atoms with Crippen LogP contribution in [0.25, 0.3) is 5.65 Å². The minimum Gasteiger partial charge on any atom is -0.259 e. The molecule has 0 radical (unpaired) electrons. The number of nitrogens with zero attached hydrogens (tertiary/aromatic N) is 4. The van der Waals surface area contributed by atoms with Gasteiger partial charge in [-0.15, -0.1) is 9.61 Å². The van der Waals surface area contributed by atoms with Gasteiger partial charge in [-0.25, -0.2) is 0 Å². The molecule has 2 aromatic heterocycles. The number of hydrogen-bond donors (Lipinski definition) is 2. The number of H-pyrrole nitrogens is 1. The number of hydrogen-bond acceptors (Lipinski definition) is 4. The molecule has 0 amide bonds. The lowest BCUT2D eigenvalue weighted by atomic mass is 10.1. The standard InChI is InChI=1S/C13H10Cl2N6/c1-8(9-2-3-10(14)11(15)6-9)17-18-12-4-5-13-19-16-7-21(13)20-12/h2-7H,1H3,(H,18,20)/p+1/b17-8+. The molecule has 1 aromatic carbocycles. The summed E-state index contributed by atoms with van der Waals surface area (Å²) in [6.45, 7) is 1.87. The average Bonchev–Trinajstić information content (AvgIpc) is 2.95. The summed E-state index contributed by atoms with van der Waals surface area (Å²) in [7, 11) is 0. The van der Waals surface area contributed by atoms with Crippen LogP contribution in [0.1, 0.15) is 12.5 Å². The van der Waals surface area contributed by atoms with Gasteiger partial charge in [-0.05, 0) is 30.7 Å². The second kappa shape index (κ2) is 5.67. The first-order chi connectivity index (χ1) is 10.1. The van der Waals surface area contributed by atoms with Crippen LogP contribution >= 0.6 is 23.2 Å². The third-order valence-electron chi connectivity index (χ3n) is 2.88. The van der Waals surface area contributed by atoms with Crippen molar-refractivity contribution in [2.75, 3.05) is 5.43 Å². The number of aromatic nitrogens is 4. The molecule has 0 spiro atoms. The molecule has 0 atom stereocenters. The summed E-state index contributed by atoms with van der Waals surface area (Å²) in [5.74, 6) is 0.605. The normalized spacial score (nSPS) is 11.9. The zero-order valence-corrected chi connectivity index (χ0v) is 12.5. The Bertz CT molecular complexity index is 826. The van der Waals surface area contributed by atoms with Gasteiger partial charge in [-0.1, -0.05) is 34.4 Å². The highest BCUT2D eigenvalue weighted by molar-refractivity contribution is 6.42. The molecule has 0 unspecified atom stereocenters. The number of rotatable bonds is 3. The summed E-state index contributed by atoms with van der Waals surface area (Å²) < 4.78 is 1.62. The van der Waals surface area contributed by atoms with Gasteiger partial charge < -0.3 is 0 Å². The Kier molecular flexibility index (Phi) is 3.72. The van der Waals surface area contributed by atoms with Crippen molar-refractivity contribution in [3.05, 3.63) is 52.3 Å². The number of fused-ring (bicyclic) bond motifs is 1. The van der Waals surface area contributed by atoms with Crippen molar-refractivity contribution in [2.45, 2.75) is 6.92 Å². The highest BCUT2D eigenvalue weighted by Crippen LogP contribution is 2.22. The zero-order valence-electron chi connectivity index (χ0n) is 11.0. The Morgan fingerprint density at radius 2 is 2.10 bits per heavy atom. The van der Waals surface area contributed by atoms with Crippen LogP contribution in [0.15, 0.2) is 41.8 Å². The van der Waals surface area contributed by atoms with Crippen molar-refractivity contribution in [3.8, 4) is 0 Å². The SMILES string of the molecule is C/C(=N\Nc1ccc2n[nH]c[n+]2n1)c1ccc(Cl)c(Cl)c1. The van der Waals surface area contributed by atoms with Gasteiger partial charge in [0.05, 0.1) is 15.8 Å². The second-order valence-electron chi connectivity index (χ2n) is 4.33. The van der Waals surface area contributed by atoms with E-state index in [1.807, 2.05) is 19.1 Å². The molecule has 0 aliphatic rings. The van der Waals surface area contributed by atoms with Crippen LogP contribution in [0.3, 0.4) is 0 Å². The summed E-state index contributed by atoms with van der Waals surface area (Å²) >= 11 is 11.9. The van der Waals surface area contributed by atoms with Gasteiger partial charge in [0.15, 0.2) is 5.82 Å². The molecule has 21 heavy (non-hydrogen) atoms. The second-order valence-corrected chi connectivity index (χ2v) is 5.14. The first-order valence-corrected chi connectivity index (χ1v) is 6.87. The van der Waals surface area contributed by atoms with Crippen molar-refractivity contribution < 1.29 is 4.52 Å². The lowest BCUT2D eigenvalue weighted by Gasteiger charge is -2.03. The zero-order chi connectivity index (χ0) is 14.8. The summed E-state index contributed by atoms with van der Waals surface area (Å²) in [4.78, 5) is 0. The quantitative estimate of drug-likeness (QED) is 0.442. The van der Waals surface area contributed by atoms with Gasteiger partial charge in [0.25, 0.3) is 0 Å². The monoisotopic (exact) mass is 321 g/mol. The number of hydrazone groups is 1. The molecule has 2 N–H and O–H groups in total. The van der Waals surface area contributed by atoms with Crippen LogP contribution in [-0.2, 0) is 0 Å². The van der Waals surface area contributed by atoms with E-state index in [1.165, 1.54) is 0 Å². The van der Waals surface area contributed by atoms with Crippen LogP contribution in [0.5, 0.6) is 0 Å². The van der Waals surface area contributed by atoms with Gasteiger partial charge >= 0.3 is 5.65 Å². The third-order valence-corrected chi connectivity index (χ3v) is 3.61. The molecule has 8 heteroatoms. The number of anilines is 1. The maximum Gasteiger partial charge on any atom is 0.325 e. The van der Waals surface area contributed by atoms with Crippen LogP contribution in [0.2, 0.25) is 10.0 Å². The summed E-state index contributed by atoms with van der Waals surface area (Å²) in [5.41, 5.74) is 5.28. The van der Waals surface area contributed by atoms with Gasteiger partial charge in [0.2, 0.25) is 6.33 Å². The van der Waals surface area contributed by atoms with Crippen molar-refractivity contribution in [1.82, 2.24) is 15.3 Å². The first-order valence-electron chi connectivity index (χ1n) is 6.12. The molecule has 2 heterocycles. The predicted octanol–water partition coefficient (Wildman–Crippen LogP) is 2.69. The van der Waals surface area contributed by atoms with E-state index in [1.54, 1.807) is 29.0 Å². The third kappa shape index (κ3) is 2.96. The fraction of sp³-hybridized carbons (Fsp3) is 0.0769. The smallest absolute Gasteiger partial charge is 0.259 e. The van der Waals surface area contributed by atoms with E-state index in [0.29, 0.717) is 15.9 Å². The first kappa shape index (κ1) is 13.8. The maximum atomic E-state index is 5.99. The summed E-state index contributed by atoms with van der Waals surface area (Å²) in [6.07, 6.45) is 1.65. The molecule has 0 bridgehead atoms. The molecule has 3 rings (SSSR count). The fourth-order valence-corrected chi connectivity index (χ4v) is 2.05. The highest BCUT2D eigenvalue weighted by Gasteiger charge is 2.06. The molecular formula is C13H11Cl2N6+. The number of benzene rings is 1. The molecule has 3 aromatic rings.